The number of rotatable bonds is 8. The van der Waals surface area contributed by atoms with Gasteiger partial charge in [0, 0.05) is 4.88 Å². The highest BCUT2D eigenvalue weighted by Gasteiger charge is 2.46. The molecule has 3 rings (SSSR count). The summed E-state index contributed by atoms with van der Waals surface area (Å²) in [4.78, 5) is 13.4. The Morgan fingerprint density at radius 3 is 2.54 bits per heavy atom. The van der Waals surface area contributed by atoms with Crippen LogP contribution in [0.4, 0.5) is 8.78 Å². The summed E-state index contributed by atoms with van der Waals surface area (Å²) in [6, 6.07) is 3.64. The Bertz CT molecular complexity index is 661. The van der Waals surface area contributed by atoms with Crippen LogP contribution in [0.5, 0.6) is 0 Å². The van der Waals surface area contributed by atoms with Crippen molar-refractivity contribution in [3.63, 3.8) is 0 Å². The van der Waals surface area contributed by atoms with Gasteiger partial charge in [-0.15, -0.1) is 11.3 Å². The Labute approximate surface area is 157 Å². The number of hydrogen-bond donors (Lipinski definition) is 2. The third-order valence-electron chi connectivity index (χ3n) is 5.63. The van der Waals surface area contributed by atoms with Crippen LogP contribution in [0.3, 0.4) is 0 Å². The molecule has 0 aromatic carbocycles. The topological polar surface area (TPSA) is 64.9 Å². The molecule has 2 N–H and O–H groups in total. The average molecular weight is 381 g/mol. The number of carbonyl (C=O) groups is 1. The maximum atomic E-state index is 13.7. The third kappa shape index (κ3) is 4.41. The number of amides is 1. The Morgan fingerprint density at radius 1 is 1.35 bits per heavy atom. The maximum absolute atomic E-state index is 13.7. The zero-order valence-corrected chi connectivity index (χ0v) is 15.7. The molecule has 0 saturated heterocycles. The second kappa shape index (κ2) is 7.61. The molecule has 2 aliphatic rings. The number of nitriles is 1. The molecular formula is C19H25F2N3OS. The highest BCUT2D eigenvalue weighted by molar-refractivity contribution is 7.10. The molecule has 4 nitrogen and oxygen atoms in total. The minimum atomic E-state index is -2.61. The zero-order chi connectivity index (χ0) is 18.8. The molecule has 2 aliphatic carbocycles. The van der Waals surface area contributed by atoms with E-state index in [4.69, 9.17) is 0 Å². The Morgan fingerprint density at radius 2 is 2.04 bits per heavy atom. The van der Waals surface area contributed by atoms with Gasteiger partial charge >= 0.3 is 0 Å². The molecule has 2 saturated carbocycles. The van der Waals surface area contributed by atoms with E-state index in [0.29, 0.717) is 24.1 Å². The number of alkyl halides is 2. The zero-order valence-electron chi connectivity index (χ0n) is 14.9. The Hall–Kier alpha value is -1.52. The van der Waals surface area contributed by atoms with Gasteiger partial charge in [-0.25, -0.2) is 8.78 Å². The normalized spacial score (nSPS) is 22.6. The van der Waals surface area contributed by atoms with Crippen molar-refractivity contribution in [1.82, 2.24) is 10.6 Å². The van der Waals surface area contributed by atoms with Crippen LogP contribution in [-0.4, -0.2) is 23.9 Å². The molecule has 1 heterocycles. The second-order valence-electron chi connectivity index (χ2n) is 7.95. The van der Waals surface area contributed by atoms with E-state index in [-0.39, 0.29) is 11.3 Å². The van der Waals surface area contributed by atoms with E-state index >= 15 is 0 Å². The fourth-order valence-corrected chi connectivity index (χ4v) is 4.62. The van der Waals surface area contributed by atoms with Crippen molar-refractivity contribution in [2.45, 2.75) is 75.9 Å². The molecule has 0 bridgehead atoms. The molecule has 142 valence electrons. The van der Waals surface area contributed by atoms with E-state index in [2.05, 4.69) is 23.6 Å². The van der Waals surface area contributed by atoms with Crippen molar-refractivity contribution in [3.8, 4) is 6.07 Å². The summed E-state index contributed by atoms with van der Waals surface area (Å²) >= 11 is 1.26. The summed E-state index contributed by atoms with van der Waals surface area (Å²) in [5.41, 5.74) is -0.822. The van der Waals surface area contributed by atoms with Crippen LogP contribution >= 0.6 is 11.3 Å². The van der Waals surface area contributed by atoms with Crippen molar-refractivity contribution in [2.75, 3.05) is 0 Å². The van der Waals surface area contributed by atoms with Crippen LogP contribution in [0.25, 0.3) is 0 Å². The van der Waals surface area contributed by atoms with Crippen LogP contribution in [-0.2, 0) is 4.79 Å². The highest BCUT2D eigenvalue weighted by Crippen LogP contribution is 2.42. The van der Waals surface area contributed by atoms with Crippen LogP contribution in [0.1, 0.15) is 62.8 Å². The summed E-state index contributed by atoms with van der Waals surface area (Å²) < 4.78 is 27.3. The molecule has 0 radical (unpaired) electrons. The largest absolute Gasteiger partial charge is 0.336 e. The van der Waals surface area contributed by atoms with Crippen molar-refractivity contribution in [3.05, 3.63) is 22.4 Å². The maximum Gasteiger partial charge on any atom is 0.258 e. The Kier molecular flexibility index (Phi) is 5.64. The number of thiophene rings is 1. The molecule has 0 unspecified atom stereocenters. The molecular weight excluding hydrogens is 356 g/mol. The van der Waals surface area contributed by atoms with Crippen molar-refractivity contribution >= 4 is 17.2 Å². The standard InChI is InChI=1S/C19H25F2N3OS/c1-18(6-2-3-7-18)11-13(17(25)24-19(12-22)8-9-19)23-15(16(20)21)14-5-4-10-26-14/h4-5,10,13,15-16,23H,2-3,6-9,11H2,1H3,(H,24,25)/t13-,15-/m0/s1. The van der Waals surface area contributed by atoms with Crippen LogP contribution in [0.2, 0.25) is 0 Å². The lowest BCUT2D eigenvalue weighted by Gasteiger charge is -2.32. The van der Waals surface area contributed by atoms with Gasteiger partial charge in [-0.3, -0.25) is 10.1 Å². The highest BCUT2D eigenvalue weighted by atomic mass is 32.1. The van der Waals surface area contributed by atoms with Crippen molar-refractivity contribution in [1.29, 1.82) is 5.26 Å². The fraction of sp³-hybridized carbons (Fsp3) is 0.684. The summed E-state index contributed by atoms with van der Waals surface area (Å²) in [7, 11) is 0. The predicted octanol–water partition coefficient (Wildman–Crippen LogP) is 4.16. The molecule has 26 heavy (non-hydrogen) atoms. The lowest BCUT2D eigenvalue weighted by molar-refractivity contribution is -0.125. The SMILES string of the molecule is CC1(C[C@H](N[C@@H](c2cccs2)C(F)F)C(=O)NC2(C#N)CC2)CCCC1. The third-order valence-corrected chi connectivity index (χ3v) is 6.59. The van der Waals surface area contributed by atoms with E-state index in [1.54, 1.807) is 17.5 Å². The molecule has 1 aromatic rings. The van der Waals surface area contributed by atoms with Gasteiger partial charge in [0.25, 0.3) is 6.43 Å². The molecule has 0 spiro atoms. The minimum absolute atomic E-state index is 0.0273. The lowest BCUT2D eigenvalue weighted by Crippen LogP contribution is -2.51. The van der Waals surface area contributed by atoms with Gasteiger partial charge < -0.3 is 5.32 Å². The van der Waals surface area contributed by atoms with Gasteiger partial charge in [-0.1, -0.05) is 25.8 Å². The first-order valence-electron chi connectivity index (χ1n) is 9.17. The molecule has 1 aromatic heterocycles. The first kappa shape index (κ1) is 19.2. The monoisotopic (exact) mass is 381 g/mol. The van der Waals surface area contributed by atoms with Crippen LogP contribution in [0, 0.1) is 16.7 Å². The molecule has 0 aliphatic heterocycles. The summed E-state index contributed by atoms with van der Waals surface area (Å²) in [6.07, 6.45) is 3.37. The lowest BCUT2D eigenvalue weighted by atomic mass is 9.81. The quantitative estimate of drug-likeness (QED) is 0.711. The number of halogens is 2. The van der Waals surface area contributed by atoms with E-state index in [1.165, 1.54) is 11.3 Å². The summed E-state index contributed by atoms with van der Waals surface area (Å²) in [6.45, 7) is 2.13. The van der Waals surface area contributed by atoms with Gasteiger partial charge in [-0.05, 0) is 49.0 Å². The smallest absolute Gasteiger partial charge is 0.258 e. The average Bonchev–Trinajstić information content (AvgIpc) is 2.99. The van der Waals surface area contributed by atoms with Gasteiger partial charge in [0.05, 0.1) is 12.1 Å². The van der Waals surface area contributed by atoms with E-state index in [0.717, 1.165) is 25.7 Å². The first-order chi connectivity index (χ1) is 12.4. The molecule has 1 amide bonds. The fourth-order valence-electron chi connectivity index (χ4n) is 3.83. The van der Waals surface area contributed by atoms with Crippen LogP contribution < -0.4 is 10.6 Å². The number of nitrogens with one attached hydrogen (secondary N) is 2. The predicted molar refractivity (Wildman–Crippen MR) is 96.9 cm³/mol. The van der Waals surface area contributed by atoms with E-state index in [9.17, 15) is 18.8 Å². The molecule has 2 fully saturated rings. The van der Waals surface area contributed by atoms with Crippen molar-refractivity contribution < 1.29 is 13.6 Å². The van der Waals surface area contributed by atoms with Crippen LogP contribution in [0.15, 0.2) is 17.5 Å². The number of hydrogen-bond acceptors (Lipinski definition) is 4. The summed E-state index contributed by atoms with van der Waals surface area (Å²) in [5, 5.41) is 16.7. The molecule has 7 heteroatoms. The summed E-state index contributed by atoms with van der Waals surface area (Å²) in [5.74, 6) is -0.334. The van der Waals surface area contributed by atoms with Gasteiger partial charge in [0.15, 0.2) is 0 Å². The van der Waals surface area contributed by atoms with E-state index in [1.807, 2.05) is 0 Å². The first-order valence-corrected chi connectivity index (χ1v) is 10.1. The number of carbonyl (C=O) groups excluding carboxylic acids is 1. The van der Waals surface area contributed by atoms with Crippen molar-refractivity contribution in [2.24, 2.45) is 5.41 Å². The van der Waals surface area contributed by atoms with Gasteiger partial charge in [0.1, 0.15) is 11.6 Å². The van der Waals surface area contributed by atoms with Gasteiger partial charge in [0.2, 0.25) is 5.91 Å². The second-order valence-corrected chi connectivity index (χ2v) is 8.93. The van der Waals surface area contributed by atoms with E-state index < -0.39 is 24.0 Å². The number of nitrogens with zero attached hydrogens (tertiary/aromatic N) is 1. The minimum Gasteiger partial charge on any atom is -0.336 e. The Balaban J connectivity index is 1.77. The van der Waals surface area contributed by atoms with Gasteiger partial charge in [-0.2, -0.15) is 5.26 Å². The molecule has 2 atom stereocenters.